The summed E-state index contributed by atoms with van der Waals surface area (Å²) < 4.78 is 19.2. The predicted molar refractivity (Wildman–Crippen MR) is 101 cm³/mol. The van der Waals surface area contributed by atoms with Gasteiger partial charge in [0.15, 0.2) is 5.75 Å². The van der Waals surface area contributed by atoms with Gasteiger partial charge in [0, 0.05) is 12.5 Å². The van der Waals surface area contributed by atoms with Crippen LogP contribution in [0.2, 0.25) is 0 Å². The highest BCUT2D eigenvalue weighted by atomic mass is 35.5. The molecular formula is C19H24ClFN2O2. The van der Waals surface area contributed by atoms with Gasteiger partial charge in [0.2, 0.25) is 5.91 Å². The normalized spacial score (nSPS) is 10.0. The SMILES string of the molecule is Cl.NCCCCCCC(=O)Nc1cc(F)ccc1Oc1ccccc1. The summed E-state index contributed by atoms with van der Waals surface area (Å²) in [6.07, 6.45) is 4.13. The molecule has 25 heavy (non-hydrogen) atoms. The topological polar surface area (TPSA) is 64.4 Å². The predicted octanol–water partition coefficient (Wildman–Crippen LogP) is 4.89. The third kappa shape index (κ3) is 7.54. The first-order valence-corrected chi connectivity index (χ1v) is 8.21. The molecule has 4 nitrogen and oxygen atoms in total. The Hall–Kier alpha value is -2.11. The second kappa shape index (κ2) is 11.4. The Morgan fingerprint density at radius 3 is 2.48 bits per heavy atom. The van der Waals surface area contributed by atoms with E-state index in [0.717, 1.165) is 25.7 Å². The Balaban J connectivity index is 0.00000312. The maximum absolute atomic E-state index is 13.5. The molecule has 0 aliphatic heterocycles. The lowest BCUT2D eigenvalue weighted by Crippen LogP contribution is -2.12. The second-order valence-corrected chi connectivity index (χ2v) is 5.56. The smallest absolute Gasteiger partial charge is 0.224 e. The van der Waals surface area contributed by atoms with Crippen LogP contribution in [0.3, 0.4) is 0 Å². The highest BCUT2D eigenvalue weighted by molar-refractivity contribution is 5.92. The zero-order valence-corrected chi connectivity index (χ0v) is 14.9. The van der Waals surface area contributed by atoms with Crippen molar-refractivity contribution in [3.05, 3.63) is 54.3 Å². The van der Waals surface area contributed by atoms with E-state index in [1.807, 2.05) is 18.2 Å². The largest absolute Gasteiger partial charge is 0.455 e. The van der Waals surface area contributed by atoms with Crippen molar-refractivity contribution in [2.24, 2.45) is 5.73 Å². The van der Waals surface area contributed by atoms with Crippen molar-refractivity contribution >= 4 is 24.0 Å². The van der Waals surface area contributed by atoms with Crippen molar-refractivity contribution in [3.63, 3.8) is 0 Å². The monoisotopic (exact) mass is 366 g/mol. The number of hydrogen-bond donors (Lipinski definition) is 2. The molecule has 0 saturated carbocycles. The van der Waals surface area contributed by atoms with Gasteiger partial charge in [-0.3, -0.25) is 4.79 Å². The number of anilines is 1. The first kappa shape index (κ1) is 20.9. The van der Waals surface area contributed by atoms with Gasteiger partial charge in [-0.25, -0.2) is 4.39 Å². The summed E-state index contributed by atoms with van der Waals surface area (Å²) in [6, 6.07) is 13.3. The average molecular weight is 367 g/mol. The van der Waals surface area contributed by atoms with Gasteiger partial charge in [0.25, 0.3) is 0 Å². The maximum Gasteiger partial charge on any atom is 0.224 e. The standard InChI is InChI=1S/C19H23FN2O2.ClH/c20-15-11-12-18(24-16-8-4-3-5-9-16)17(14-15)22-19(23)10-6-1-2-7-13-21;/h3-5,8-9,11-12,14H,1-2,6-7,10,13,21H2,(H,22,23);1H. The molecule has 136 valence electrons. The number of amides is 1. The van der Waals surface area contributed by atoms with Gasteiger partial charge in [-0.2, -0.15) is 0 Å². The van der Waals surface area contributed by atoms with Crippen LogP contribution < -0.4 is 15.8 Å². The molecule has 0 aliphatic rings. The lowest BCUT2D eigenvalue weighted by Gasteiger charge is -2.12. The molecule has 2 aromatic carbocycles. The fourth-order valence-corrected chi connectivity index (χ4v) is 2.30. The molecule has 0 aliphatic carbocycles. The van der Waals surface area contributed by atoms with Crippen molar-refractivity contribution < 1.29 is 13.9 Å². The summed E-state index contributed by atoms with van der Waals surface area (Å²) >= 11 is 0. The number of carbonyl (C=O) groups is 1. The van der Waals surface area contributed by atoms with Crippen LogP contribution in [0.5, 0.6) is 11.5 Å². The molecule has 0 unspecified atom stereocenters. The third-order valence-corrected chi connectivity index (χ3v) is 3.54. The van der Waals surface area contributed by atoms with Crippen LogP contribution in [0.1, 0.15) is 32.1 Å². The molecule has 0 atom stereocenters. The first-order chi connectivity index (χ1) is 11.7. The fourth-order valence-electron chi connectivity index (χ4n) is 2.30. The molecule has 0 spiro atoms. The maximum atomic E-state index is 13.5. The molecule has 0 bridgehead atoms. The molecule has 2 aromatic rings. The summed E-state index contributed by atoms with van der Waals surface area (Å²) in [6.45, 7) is 0.676. The zero-order chi connectivity index (χ0) is 17.2. The van der Waals surface area contributed by atoms with Gasteiger partial charge < -0.3 is 15.8 Å². The van der Waals surface area contributed by atoms with Gasteiger partial charge in [-0.15, -0.1) is 12.4 Å². The quantitative estimate of drug-likeness (QED) is 0.621. The Morgan fingerprint density at radius 2 is 1.76 bits per heavy atom. The number of ether oxygens (including phenoxy) is 1. The van der Waals surface area contributed by atoms with Crippen LogP contribution in [-0.4, -0.2) is 12.5 Å². The van der Waals surface area contributed by atoms with Gasteiger partial charge in [0.1, 0.15) is 11.6 Å². The minimum Gasteiger partial charge on any atom is -0.455 e. The molecule has 0 fully saturated rings. The van der Waals surface area contributed by atoms with E-state index in [-0.39, 0.29) is 18.3 Å². The number of nitrogens with two attached hydrogens (primary N) is 1. The highest BCUT2D eigenvalue weighted by Crippen LogP contribution is 2.30. The van der Waals surface area contributed by atoms with E-state index < -0.39 is 5.82 Å². The average Bonchev–Trinajstić information content (AvgIpc) is 2.58. The van der Waals surface area contributed by atoms with Crippen LogP contribution in [-0.2, 0) is 4.79 Å². The minimum atomic E-state index is -0.423. The molecule has 6 heteroatoms. The van der Waals surface area contributed by atoms with Crippen molar-refractivity contribution in [1.82, 2.24) is 0 Å². The van der Waals surface area contributed by atoms with Crippen molar-refractivity contribution in [2.45, 2.75) is 32.1 Å². The van der Waals surface area contributed by atoms with E-state index in [0.29, 0.717) is 30.2 Å². The Bertz CT molecular complexity index is 653. The molecule has 0 saturated heterocycles. The summed E-state index contributed by atoms with van der Waals surface area (Å²) in [5.74, 6) is 0.473. The number of hydrogen-bond acceptors (Lipinski definition) is 3. The first-order valence-electron chi connectivity index (χ1n) is 8.21. The van der Waals surface area contributed by atoms with E-state index in [1.165, 1.54) is 18.2 Å². The van der Waals surface area contributed by atoms with Crippen LogP contribution in [0.15, 0.2) is 48.5 Å². The third-order valence-electron chi connectivity index (χ3n) is 3.54. The molecule has 0 aromatic heterocycles. The molecular weight excluding hydrogens is 343 g/mol. The van der Waals surface area contributed by atoms with E-state index in [1.54, 1.807) is 12.1 Å². The van der Waals surface area contributed by atoms with Gasteiger partial charge in [0.05, 0.1) is 5.69 Å². The molecule has 0 radical (unpaired) electrons. The van der Waals surface area contributed by atoms with Crippen LogP contribution in [0, 0.1) is 5.82 Å². The number of benzene rings is 2. The van der Waals surface area contributed by atoms with Gasteiger partial charge >= 0.3 is 0 Å². The zero-order valence-electron chi connectivity index (χ0n) is 14.0. The number of carbonyl (C=O) groups excluding carboxylic acids is 1. The lowest BCUT2D eigenvalue weighted by molar-refractivity contribution is -0.116. The van der Waals surface area contributed by atoms with Gasteiger partial charge in [-0.05, 0) is 43.7 Å². The number of para-hydroxylation sites is 1. The van der Waals surface area contributed by atoms with Crippen LogP contribution >= 0.6 is 12.4 Å². The number of rotatable bonds is 9. The van der Waals surface area contributed by atoms with Crippen LogP contribution in [0.4, 0.5) is 10.1 Å². The molecule has 1 amide bonds. The van der Waals surface area contributed by atoms with Crippen molar-refractivity contribution in [2.75, 3.05) is 11.9 Å². The van der Waals surface area contributed by atoms with E-state index in [2.05, 4.69) is 5.32 Å². The Labute approximate surface area is 154 Å². The second-order valence-electron chi connectivity index (χ2n) is 5.56. The lowest BCUT2D eigenvalue weighted by atomic mass is 10.1. The highest BCUT2D eigenvalue weighted by Gasteiger charge is 2.10. The summed E-state index contributed by atoms with van der Waals surface area (Å²) in [5, 5.41) is 2.73. The molecule has 3 N–H and O–H groups in total. The summed E-state index contributed by atoms with van der Waals surface area (Å²) in [4.78, 5) is 12.0. The van der Waals surface area contributed by atoms with E-state index >= 15 is 0 Å². The minimum absolute atomic E-state index is 0. The Morgan fingerprint density at radius 1 is 1.04 bits per heavy atom. The number of halogens is 2. The van der Waals surface area contributed by atoms with E-state index in [9.17, 15) is 9.18 Å². The van der Waals surface area contributed by atoms with Crippen molar-refractivity contribution in [1.29, 1.82) is 0 Å². The van der Waals surface area contributed by atoms with E-state index in [4.69, 9.17) is 10.5 Å². The summed E-state index contributed by atoms with van der Waals surface area (Å²) in [5.41, 5.74) is 5.78. The summed E-state index contributed by atoms with van der Waals surface area (Å²) in [7, 11) is 0. The molecule has 2 rings (SSSR count). The van der Waals surface area contributed by atoms with Crippen LogP contribution in [0.25, 0.3) is 0 Å². The Kier molecular flexibility index (Phi) is 9.58. The number of nitrogens with one attached hydrogen (secondary N) is 1. The number of unbranched alkanes of at least 4 members (excludes halogenated alkanes) is 3. The fraction of sp³-hybridized carbons (Fsp3) is 0.316. The van der Waals surface area contributed by atoms with Crippen molar-refractivity contribution in [3.8, 4) is 11.5 Å². The van der Waals surface area contributed by atoms with Gasteiger partial charge in [-0.1, -0.05) is 31.0 Å². The molecule has 0 heterocycles.